The number of halogens is 1. The number of hydrogen-bond donors (Lipinski definition) is 2. The van der Waals surface area contributed by atoms with E-state index in [-0.39, 0.29) is 12.2 Å². The maximum absolute atomic E-state index is 10.2. The Hall–Kier alpha value is -0.580. The van der Waals surface area contributed by atoms with Gasteiger partial charge in [-0.2, -0.15) is 0 Å². The summed E-state index contributed by atoms with van der Waals surface area (Å²) in [7, 11) is 0. The topological polar surface area (TPSA) is 41.5 Å². The zero-order valence-corrected chi connectivity index (χ0v) is 14.4. The molecule has 1 aromatic rings. The predicted octanol–water partition coefficient (Wildman–Crippen LogP) is 4.02. The van der Waals surface area contributed by atoms with Crippen LogP contribution in [0.3, 0.4) is 0 Å². The van der Waals surface area contributed by atoms with E-state index in [0.717, 1.165) is 61.0 Å². The van der Waals surface area contributed by atoms with Crippen molar-refractivity contribution in [3.63, 3.8) is 0 Å². The van der Waals surface area contributed by atoms with Crippen molar-refractivity contribution in [1.29, 1.82) is 0 Å². The van der Waals surface area contributed by atoms with E-state index in [0.29, 0.717) is 0 Å². The fraction of sp³-hybridized carbons (Fsp3) is 0.647. The van der Waals surface area contributed by atoms with Gasteiger partial charge in [0.25, 0.3) is 0 Å². The van der Waals surface area contributed by atoms with Gasteiger partial charge in [-0.3, -0.25) is 0 Å². The van der Waals surface area contributed by atoms with Gasteiger partial charge in [-0.05, 0) is 50.4 Å². The van der Waals surface area contributed by atoms with E-state index in [2.05, 4.69) is 34.2 Å². The van der Waals surface area contributed by atoms with Crippen LogP contribution >= 0.6 is 15.9 Å². The van der Waals surface area contributed by atoms with Crippen molar-refractivity contribution in [3.05, 3.63) is 28.2 Å². The van der Waals surface area contributed by atoms with Gasteiger partial charge in [0.15, 0.2) is 0 Å². The number of ether oxygens (including phenoxy) is 1. The summed E-state index contributed by atoms with van der Waals surface area (Å²) in [4.78, 5) is 0. The molecule has 1 aliphatic carbocycles. The molecule has 2 N–H and O–H groups in total. The van der Waals surface area contributed by atoms with Crippen LogP contribution in [-0.4, -0.2) is 23.9 Å². The molecular weight excluding hydrogens is 330 g/mol. The van der Waals surface area contributed by atoms with E-state index in [1.165, 1.54) is 6.42 Å². The van der Waals surface area contributed by atoms with Crippen molar-refractivity contribution >= 4 is 15.9 Å². The zero-order valence-electron chi connectivity index (χ0n) is 12.8. The monoisotopic (exact) mass is 355 g/mol. The summed E-state index contributed by atoms with van der Waals surface area (Å²) in [6.07, 6.45) is 5.94. The molecule has 0 aromatic heterocycles. The fourth-order valence-corrected chi connectivity index (χ4v) is 3.16. The lowest BCUT2D eigenvalue weighted by atomic mass is 10.1. The summed E-state index contributed by atoms with van der Waals surface area (Å²) in [5, 5.41) is 13.6. The first kappa shape index (κ1) is 16.8. The van der Waals surface area contributed by atoms with Crippen molar-refractivity contribution in [2.75, 3.05) is 6.54 Å². The van der Waals surface area contributed by atoms with E-state index < -0.39 is 0 Å². The second-order valence-electron chi connectivity index (χ2n) is 5.79. The van der Waals surface area contributed by atoms with Crippen molar-refractivity contribution < 1.29 is 9.84 Å². The average Bonchev–Trinajstić information content (AvgIpc) is 2.67. The first-order valence-electron chi connectivity index (χ1n) is 8.04. The van der Waals surface area contributed by atoms with Crippen LogP contribution in [0.4, 0.5) is 0 Å². The van der Waals surface area contributed by atoms with Crippen LogP contribution in [0, 0.1) is 0 Å². The molecule has 2 atom stereocenters. The predicted molar refractivity (Wildman–Crippen MR) is 89.6 cm³/mol. The van der Waals surface area contributed by atoms with Gasteiger partial charge in [0.2, 0.25) is 0 Å². The summed E-state index contributed by atoms with van der Waals surface area (Å²) < 4.78 is 7.21. The molecular formula is C17H26BrNO2. The molecule has 1 aromatic carbocycles. The lowest BCUT2D eigenvalue weighted by Gasteiger charge is -2.24. The molecule has 118 valence electrons. The Morgan fingerprint density at radius 1 is 1.29 bits per heavy atom. The lowest BCUT2D eigenvalue weighted by Crippen LogP contribution is -2.31. The molecule has 3 nitrogen and oxygen atoms in total. The molecule has 0 spiro atoms. The van der Waals surface area contributed by atoms with Crippen LogP contribution in [0.2, 0.25) is 0 Å². The van der Waals surface area contributed by atoms with E-state index in [1.807, 2.05) is 12.1 Å². The van der Waals surface area contributed by atoms with Crippen LogP contribution in [0.25, 0.3) is 0 Å². The molecule has 1 saturated carbocycles. The maximum Gasteiger partial charge on any atom is 0.124 e. The van der Waals surface area contributed by atoms with Gasteiger partial charge >= 0.3 is 0 Å². The van der Waals surface area contributed by atoms with Crippen molar-refractivity contribution in [1.82, 2.24) is 5.32 Å². The molecule has 0 radical (unpaired) electrons. The number of benzene rings is 1. The molecule has 1 aliphatic rings. The summed E-state index contributed by atoms with van der Waals surface area (Å²) >= 11 is 3.52. The highest BCUT2D eigenvalue weighted by molar-refractivity contribution is 9.10. The molecule has 21 heavy (non-hydrogen) atoms. The highest BCUT2D eigenvalue weighted by atomic mass is 79.9. The van der Waals surface area contributed by atoms with Gasteiger partial charge in [0, 0.05) is 16.6 Å². The Labute approximate surface area is 136 Å². The van der Waals surface area contributed by atoms with Gasteiger partial charge in [-0.1, -0.05) is 35.7 Å². The Morgan fingerprint density at radius 3 is 2.90 bits per heavy atom. The molecule has 2 rings (SSSR count). The van der Waals surface area contributed by atoms with Gasteiger partial charge in [0.1, 0.15) is 11.9 Å². The van der Waals surface area contributed by atoms with Gasteiger partial charge < -0.3 is 15.2 Å². The van der Waals surface area contributed by atoms with E-state index >= 15 is 0 Å². The SMILES string of the molecule is CCCNCc1cc(Br)ccc1OC1CCCCCC1O. The Kier molecular flexibility index (Phi) is 7.00. The van der Waals surface area contributed by atoms with Gasteiger partial charge in [-0.25, -0.2) is 0 Å². The number of hydrogen-bond acceptors (Lipinski definition) is 3. The molecule has 4 heteroatoms. The van der Waals surface area contributed by atoms with Gasteiger partial charge in [-0.15, -0.1) is 0 Å². The summed E-state index contributed by atoms with van der Waals surface area (Å²) in [5.41, 5.74) is 1.15. The van der Waals surface area contributed by atoms with E-state index in [4.69, 9.17) is 4.74 Å². The smallest absolute Gasteiger partial charge is 0.124 e. The quantitative estimate of drug-likeness (QED) is 0.598. The fourth-order valence-electron chi connectivity index (χ4n) is 2.76. The maximum atomic E-state index is 10.2. The molecule has 1 fully saturated rings. The first-order valence-corrected chi connectivity index (χ1v) is 8.84. The third kappa shape index (κ3) is 5.28. The normalized spacial score (nSPS) is 22.8. The van der Waals surface area contributed by atoms with E-state index in [1.54, 1.807) is 0 Å². The highest BCUT2D eigenvalue weighted by Crippen LogP contribution is 2.28. The minimum atomic E-state index is -0.340. The third-order valence-corrected chi connectivity index (χ3v) is 4.45. The molecule has 0 bridgehead atoms. The number of rotatable bonds is 6. The molecule has 2 unspecified atom stereocenters. The summed E-state index contributed by atoms with van der Waals surface area (Å²) in [6, 6.07) is 6.10. The minimum Gasteiger partial charge on any atom is -0.487 e. The van der Waals surface area contributed by atoms with Crippen molar-refractivity contribution in [2.24, 2.45) is 0 Å². The van der Waals surface area contributed by atoms with Crippen LogP contribution in [-0.2, 0) is 6.54 Å². The Morgan fingerprint density at radius 2 is 2.10 bits per heavy atom. The molecule has 0 aliphatic heterocycles. The molecule has 0 amide bonds. The Bertz CT molecular complexity index is 439. The summed E-state index contributed by atoms with van der Waals surface area (Å²) in [6.45, 7) is 3.96. The second kappa shape index (κ2) is 8.76. The first-order chi connectivity index (χ1) is 10.2. The number of aliphatic hydroxyl groups excluding tert-OH is 1. The van der Waals surface area contributed by atoms with Gasteiger partial charge in [0.05, 0.1) is 6.10 Å². The Balaban J connectivity index is 2.06. The molecule has 0 heterocycles. The molecule has 0 saturated heterocycles. The third-order valence-electron chi connectivity index (χ3n) is 3.96. The van der Waals surface area contributed by atoms with Crippen LogP contribution < -0.4 is 10.1 Å². The van der Waals surface area contributed by atoms with E-state index in [9.17, 15) is 5.11 Å². The highest BCUT2D eigenvalue weighted by Gasteiger charge is 2.24. The van der Waals surface area contributed by atoms with Crippen LogP contribution in [0.1, 0.15) is 51.0 Å². The van der Waals surface area contributed by atoms with Crippen LogP contribution in [0.15, 0.2) is 22.7 Å². The lowest BCUT2D eigenvalue weighted by molar-refractivity contribution is 0.0314. The van der Waals surface area contributed by atoms with Crippen LogP contribution in [0.5, 0.6) is 5.75 Å². The number of nitrogens with one attached hydrogen (secondary N) is 1. The summed E-state index contributed by atoms with van der Waals surface area (Å²) in [5.74, 6) is 0.896. The largest absolute Gasteiger partial charge is 0.487 e. The number of aliphatic hydroxyl groups is 1. The van der Waals surface area contributed by atoms with Crippen molar-refractivity contribution in [2.45, 2.75) is 64.2 Å². The average molecular weight is 356 g/mol. The second-order valence-corrected chi connectivity index (χ2v) is 6.71. The minimum absolute atomic E-state index is 0.0707. The standard InChI is InChI=1S/C17H26BrNO2/c1-2-10-19-12-13-11-14(18)8-9-16(13)21-17-7-5-3-4-6-15(17)20/h8-9,11,15,17,19-20H,2-7,10,12H2,1H3. The van der Waals surface area contributed by atoms with Crippen molar-refractivity contribution in [3.8, 4) is 5.75 Å². The zero-order chi connectivity index (χ0) is 15.1.